The molecule has 0 aliphatic heterocycles. The molecular formula is C22H27NO4. The Morgan fingerprint density at radius 3 is 2.11 bits per heavy atom. The van der Waals surface area contributed by atoms with Crippen molar-refractivity contribution in [2.24, 2.45) is 0 Å². The summed E-state index contributed by atoms with van der Waals surface area (Å²) in [6.07, 6.45) is 0.771. The summed E-state index contributed by atoms with van der Waals surface area (Å²) < 4.78 is 5.25. The van der Waals surface area contributed by atoms with Crippen molar-refractivity contribution in [2.75, 3.05) is 0 Å². The summed E-state index contributed by atoms with van der Waals surface area (Å²) in [6.45, 7) is 3.08. The van der Waals surface area contributed by atoms with E-state index in [0.717, 1.165) is 11.1 Å². The second-order valence-corrected chi connectivity index (χ2v) is 7.11. The Morgan fingerprint density at radius 2 is 1.56 bits per heavy atom. The summed E-state index contributed by atoms with van der Waals surface area (Å²) in [4.78, 5) is 24.4. The Balaban J connectivity index is 1.93. The average molecular weight is 369 g/mol. The molecule has 0 saturated carbocycles. The third kappa shape index (κ3) is 7.62. The second kappa shape index (κ2) is 9.88. The van der Waals surface area contributed by atoms with Gasteiger partial charge in [0.05, 0.1) is 0 Å². The molecule has 2 aromatic rings. The van der Waals surface area contributed by atoms with Crippen molar-refractivity contribution >= 4 is 11.9 Å². The van der Waals surface area contributed by atoms with Crippen LogP contribution < -0.4 is 5.32 Å². The van der Waals surface area contributed by atoms with Crippen LogP contribution in [0.3, 0.4) is 0 Å². The molecular weight excluding hydrogens is 342 g/mol. The number of nitrogens with one attached hydrogen (secondary N) is 1. The molecule has 144 valence electrons. The minimum Gasteiger partial charge on any atom is -0.445 e. The number of ketones is 1. The Hall–Kier alpha value is -2.66. The van der Waals surface area contributed by atoms with Crippen molar-refractivity contribution in [3.63, 3.8) is 0 Å². The fourth-order valence-electron chi connectivity index (χ4n) is 2.62. The first-order valence-corrected chi connectivity index (χ1v) is 9.11. The number of aryl methyl sites for hydroxylation is 1. The zero-order valence-corrected chi connectivity index (χ0v) is 15.9. The van der Waals surface area contributed by atoms with Crippen LogP contribution in [0.5, 0.6) is 0 Å². The number of benzene rings is 2. The lowest BCUT2D eigenvalue weighted by molar-refractivity contribution is -0.134. The van der Waals surface area contributed by atoms with Gasteiger partial charge >= 0.3 is 6.09 Å². The lowest BCUT2D eigenvalue weighted by Gasteiger charge is -2.22. The standard InChI is InChI=1S/C22H27NO4/c1-22(2,26)20(24)15-19(14-13-17-9-5-3-6-10-17)23-21(25)27-16-18-11-7-4-8-12-18/h3-12,19,26H,13-16H2,1-2H3,(H,23,25)/t19-/m0/s1. The minimum absolute atomic E-state index is 0.0524. The topological polar surface area (TPSA) is 75.6 Å². The molecule has 2 N–H and O–H groups in total. The first-order chi connectivity index (χ1) is 12.8. The van der Waals surface area contributed by atoms with Gasteiger partial charge in [0.25, 0.3) is 0 Å². The smallest absolute Gasteiger partial charge is 0.407 e. The number of aliphatic hydroxyl groups is 1. The van der Waals surface area contributed by atoms with Crippen LogP contribution in [-0.2, 0) is 22.6 Å². The predicted octanol–water partition coefficient (Wildman–Crippen LogP) is 3.64. The van der Waals surface area contributed by atoms with Gasteiger partial charge in [0.1, 0.15) is 12.2 Å². The number of Topliss-reactive ketones (excluding diaryl/α,β-unsaturated/α-hetero) is 1. The number of carbonyl (C=O) groups excluding carboxylic acids is 2. The maximum Gasteiger partial charge on any atom is 0.407 e. The third-order valence-corrected chi connectivity index (χ3v) is 4.27. The van der Waals surface area contributed by atoms with E-state index in [4.69, 9.17) is 4.74 Å². The average Bonchev–Trinajstić information content (AvgIpc) is 2.65. The molecule has 0 fully saturated rings. The first-order valence-electron chi connectivity index (χ1n) is 9.11. The minimum atomic E-state index is -1.43. The second-order valence-electron chi connectivity index (χ2n) is 7.11. The molecule has 1 amide bonds. The fourth-order valence-corrected chi connectivity index (χ4v) is 2.62. The van der Waals surface area contributed by atoms with Crippen LogP contribution in [0.15, 0.2) is 60.7 Å². The molecule has 0 unspecified atom stereocenters. The maximum atomic E-state index is 12.2. The van der Waals surface area contributed by atoms with Gasteiger partial charge in [0, 0.05) is 12.5 Å². The number of hydrogen-bond acceptors (Lipinski definition) is 4. The van der Waals surface area contributed by atoms with Crippen LogP contribution in [0.1, 0.15) is 37.8 Å². The van der Waals surface area contributed by atoms with Gasteiger partial charge in [-0.3, -0.25) is 4.79 Å². The normalized spacial score (nSPS) is 12.3. The predicted molar refractivity (Wildman–Crippen MR) is 104 cm³/mol. The van der Waals surface area contributed by atoms with E-state index in [9.17, 15) is 14.7 Å². The van der Waals surface area contributed by atoms with E-state index in [1.165, 1.54) is 13.8 Å². The molecule has 0 aliphatic rings. The van der Waals surface area contributed by atoms with Gasteiger partial charge < -0.3 is 15.2 Å². The number of amides is 1. The van der Waals surface area contributed by atoms with E-state index in [2.05, 4.69) is 5.32 Å². The van der Waals surface area contributed by atoms with Crippen LogP contribution in [0.2, 0.25) is 0 Å². The first kappa shape index (κ1) is 20.6. The van der Waals surface area contributed by atoms with Crippen molar-refractivity contribution in [3.8, 4) is 0 Å². The number of alkyl carbamates (subject to hydrolysis) is 1. The molecule has 2 aromatic carbocycles. The molecule has 0 spiro atoms. The zero-order chi connectivity index (χ0) is 19.7. The number of hydrogen-bond donors (Lipinski definition) is 2. The van der Waals surface area contributed by atoms with E-state index in [-0.39, 0.29) is 18.8 Å². The van der Waals surface area contributed by atoms with E-state index in [1.807, 2.05) is 60.7 Å². The van der Waals surface area contributed by atoms with Crippen LogP contribution in [0, 0.1) is 0 Å². The molecule has 5 nitrogen and oxygen atoms in total. The van der Waals surface area contributed by atoms with Gasteiger partial charge in [-0.25, -0.2) is 4.79 Å². The highest BCUT2D eigenvalue weighted by molar-refractivity contribution is 5.87. The highest BCUT2D eigenvalue weighted by Crippen LogP contribution is 2.13. The lowest BCUT2D eigenvalue weighted by Crippen LogP contribution is -2.41. The summed E-state index contributed by atoms with van der Waals surface area (Å²) in [6, 6.07) is 18.8. The quantitative estimate of drug-likeness (QED) is 0.707. The largest absolute Gasteiger partial charge is 0.445 e. The molecule has 2 rings (SSSR count). The number of carbonyl (C=O) groups is 2. The zero-order valence-electron chi connectivity index (χ0n) is 15.9. The van der Waals surface area contributed by atoms with Gasteiger partial charge in [0.15, 0.2) is 5.78 Å². The van der Waals surface area contributed by atoms with Gasteiger partial charge in [-0.15, -0.1) is 0 Å². The highest BCUT2D eigenvalue weighted by Gasteiger charge is 2.27. The Morgan fingerprint density at radius 1 is 1.00 bits per heavy atom. The molecule has 0 aliphatic carbocycles. The van der Waals surface area contributed by atoms with E-state index in [1.54, 1.807) is 0 Å². The molecule has 5 heteroatoms. The Bertz CT molecular complexity index is 723. The molecule has 0 aromatic heterocycles. The third-order valence-electron chi connectivity index (χ3n) is 4.27. The number of ether oxygens (including phenoxy) is 1. The monoisotopic (exact) mass is 369 g/mol. The van der Waals surface area contributed by atoms with Crippen LogP contribution >= 0.6 is 0 Å². The summed E-state index contributed by atoms with van der Waals surface area (Å²) >= 11 is 0. The lowest BCUT2D eigenvalue weighted by atomic mass is 9.94. The molecule has 0 bridgehead atoms. The number of rotatable bonds is 9. The Labute approximate surface area is 160 Å². The fraction of sp³-hybridized carbons (Fsp3) is 0.364. The molecule has 0 radical (unpaired) electrons. The summed E-state index contributed by atoms with van der Waals surface area (Å²) in [5.74, 6) is -0.316. The van der Waals surface area contributed by atoms with Crippen LogP contribution in [-0.4, -0.2) is 28.6 Å². The van der Waals surface area contributed by atoms with Crippen molar-refractivity contribution in [3.05, 3.63) is 71.8 Å². The van der Waals surface area contributed by atoms with Gasteiger partial charge in [-0.2, -0.15) is 0 Å². The Kier molecular flexibility index (Phi) is 7.55. The van der Waals surface area contributed by atoms with E-state index >= 15 is 0 Å². The van der Waals surface area contributed by atoms with Crippen LogP contribution in [0.25, 0.3) is 0 Å². The summed E-state index contributed by atoms with van der Waals surface area (Å²) in [5.41, 5.74) is 0.583. The molecule has 1 atom stereocenters. The van der Waals surface area contributed by atoms with Crippen LogP contribution in [0.4, 0.5) is 4.79 Å². The van der Waals surface area contributed by atoms with E-state index in [0.29, 0.717) is 12.8 Å². The van der Waals surface area contributed by atoms with Gasteiger partial charge in [-0.05, 0) is 37.8 Å². The van der Waals surface area contributed by atoms with Crippen molar-refractivity contribution in [1.82, 2.24) is 5.32 Å². The molecule has 27 heavy (non-hydrogen) atoms. The highest BCUT2D eigenvalue weighted by atomic mass is 16.5. The summed E-state index contributed by atoms with van der Waals surface area (Å²) in [7, 11) is 0. The molecule has 0 saturated heterocycles. The molecule has 0 heterocycles. The van der Waals surface area contributed by atoms with Gasteiger partial charge in [-0.1, -0.05) is 60.7 Å². The van der Waals surface area contributed by atoms with Crippen molar-refractivity contribution in [1.29, 1.82) is 0 Å². The van der Waals surface area contributed by atoms with Gasteiger partial charge in [0.2, 0.25) is 0 Å². The van der Waals surface area contributed by atoms with E-state index < -0.39 is 17.7 Å². The maximum absolute atomic E-state index is 12.2. The summed E-state index contributed by atoms with van der Waals surface area (Å²) in [5, 5.41) is 12.7. The van der Waals surface area contributed by atoms with Crippen molar-refractivity contribution < 1.29 is 19.4 Å². The van der Waals surface area contributed by atoms with Crippen molar-refractivity contribution in [2.45, 2.75) is 51.4 Å². The SMILES string of the molecule is CC(C)(O)C(=O)C[C@H](CCc1ccccc1)NC(=O)OCc1ccccc1.